The summed E-state index contributed by atoms with van der Waals surface area (Å²) in [6, 6.07) is 25.7. The van der Waals surface area contributed by atoms with E-state index in [1.165, 1.54) is 16.7 Å². The van der Waals surface area contributed by atoms with Gasteiger partial charge >= 0.3 is 0 Å². The molecule has 2 heterocycles. The summed E-state index contributed by atoms with van der Waals surface area (Å²) in [6.07, 6.45) is 7.05. The van der Waals surface area contributed by atoms with Crippen molar-refractivity contribution in [1.82, 2.24) is 4.90 Å². The minimum absolute atomic E-state index is 0.180. The Balaban J connectivity index is 1.28. The Bertz CT molecular complexity index is 1520. The minimum atomic E-state index is -0.788. The van der Waals surface area contributed by atoms with E-state index in [1.54, 1.807) is 14.0 Å². The first-order valence-electron chi connectivity index (χ1n) is 14.6. The Labute approximate surface area is 235 Å². The summed E-state index contributed by atoms with van der Waals surface area (Å²) >= 11 is 0. The molecule has 9 rings (SSSR count). The number of fused-ring (bicyclic) bond motifs is 1. The van der Waals surface area contributed by atoms with E-state index in [0.717, 1.165) is 49.4 Å². The van der Waals surface area contributed by atoms with Crippen LogP contribution < -0.4 is 9.47 Å². The number of rotatable bonds is 7. The maximum atomic E-state index is 13.3. The first-order valence-corrected chi connectivity index (χ1v) is 14.6. The van der Waals surface area contributed by atoms with Crippen molar-refractivity contribution in [2.75, 3.05) is 13.7 Å². The van der Waals surface area contributed by atoms with Crippen molar-refractivity contribution in [2.24, 2.45) is 11.3 Å². The van der Waals surface area contributed by atoms with Crippen molar-refractivity contribution < 1.29 is 19.0 Å². The van der Waals surface area contributed by atoms with Crippen LogP contribution in [0.5, 0.6) is 11.5 Å². The molecule has 4 aliphatic carbocycles. The van der Waals surface area contributed by atoms with Gasteiger partial charge in [-0.3, -0.25) is 9.69 Å². The van der Waals surface area contributed by atoms with Gasteiger partial charge in [0.15, 0.2) is 11.5 Å². The average Bonchev–Trinajstić information content (AvgIpc) is 3.36. The van der Waals surface area contributed by atoms with Gasteiger partial charge in [0, 0.05) is 30.7 Å². The third-order valence-electron chi connectivity index (χ3n) is 10.9. The molecule has 0 N–H and O–H groups in total. The van der Waals surface area contributed by atoms with Gasteiger partial charge in [-0.15, -0.1) is 0 Å². The summed E-state index contributed by atoms with van der Waals surface area (Å²) in [5.41, 5.74) is 3.86. The van der Waals surface area contributed by atoms with Gasteiger partial charge in [-0.1, -0.05) is 78.9 Å². The number of hydrogen-bond acceptors (Lipinski definition) is 5. The summed E-state index contributed by atoms with van der Waals surface area (Å²) in [5, 5.41) is 0. The SMILES string of the molecule is CO[C@@]12C=C[C@]3(C[C@H]1C(C)=O)C1Cc4ccc(OCc5ccccc5)c5c4[C@]3(CCN1Cc1ccccc1)[C@@H]2O5. The fourth-order valence-electron chi connectivity index (χ4n) is 9.23. The lowest BCUT2D eigenvalue weighted by Crippen LogP contribution is -2.79. The van der Waals surface area contributed by atoms with Crippen LogP contribution in [0, 0.1) is 11.3 Å². The number of ether oxygens (including phenoxy) is 3. The lowest BCUT2D eigenvalue weighted by molar-refractivity contribution is -0.215. The van der Waals surface area contributed by atoms with Gasteiger partial charge in [-0.05, 0) is 55.5 Å². The molecular weight excluding hydrogens is 498 g/mol. The average molecular weight is 534 g/mol. The van der Waals surface area contributed by atoms with Crippen LogP contribution in [0.1, 0.15) is 42.0 Å². The molecule has 1 unspecified atom stereocenters. The highest BCUT2D eigenvalue weighted by Crippen LogP contribution is 2.74. The molecule has 2 aliphatic heterocycles. The molecule has 1 saturated heterocycles. The zero-order valence-corrected chi connectivity index (χ0v) is 23.1. The standard InChI is InChI=1S/C35H35NO4/c1-23(37)27-20-33-15-16-35(27,38-2)32-34(33)17-18-36(21-24-9-5-3-6-10-24)29(33)19-26-13-14-28(31(40-32)30(26)34)39-22-25-11-7-4-8-12-25/h3-16,27,29,32H,17-22H2,1-2H3/t27-,29?,32-,33-,34+,35-/m0/s1. The van der Waals surface area contributed by atoms with Gasteiger partial charge in [0.05, 0.1) is 11.3 Å². The number of carbonyl (C=O) groups is 1. The van der Waals surface area contributed by atoms with Crippen molar-refractivity contribution in [3.63, 3.8) is 0 Å². The lowest BCUT2D eigenvalue weighted by Gasteiger charge is -2.71. The number of ketones is 1. The second kappa shape index (κ2) is 8.55. The van der Waals surface area contributed by atoms with Crippen LogP contribution >= 0.6 is 0 Å². The molecule has 2 spiro atoms. The van der Waals surface area contributed by atoms with Crippen molar-refractivity contribution in [3.8, 4) is 11.5 Å². The molecule has 204 valence electrons. The molecule has 3 aromatic rings. The Morgan fingerprint density at radius 2 is 1.75 bits per heavy atom. The zero-order valence-electron chi connectivity index (χ0n) is 23.1. The van der Waals surface area contributed by atoms with E-state index >= 15 is 0 Å². The second-order valence-corrected chi connectivity index (χ2v) is 12.4. The third kappa shape index (κ3) is 2.97. The maximum absolute atomic E-state index is 13.3. The van der Waals surface area contributed by atoms with Crippen molar-refractivity contribution >= 4 is 5.78 Å². The van der Waals surface area contributed by atoms with Crippen LogP contribution in [0.4, 0.5) is 0 Å². The Hall–Kier alpha value is -3.41. The lowest BCUT2D eigenvalue weighted by atomic mass is 9.37. The summed E-state index contributed by atoms with van der Waals surface area (Å²) < 4.78 is 19.9. The predicted molar refractivity (Wildman–Crippen MR) is 152 cm³/mol. The maximum Gasteiger partial charge on any atom is 0.166 e. The molecule has 0 aromatic heterocycles. The molecule has 40 heavy (non-hydrogen) atoms. The zero-order chi connectivity index (χ0) is 27.1. The fourth-order valence-corrected chi connectivity index (χ4v) is 9.23. The van der Waals surface area contributed by atoms with Crippen molar-refractivity contribution in [1.29, 1.82) is 0 Å². The fraction of sp³-hybridized carbons (Fsp3) is 0.400. The number of likely N-dealkylation sites (tertiary alicyclic amines) is 1. The van der Waals surface area contributed by atoms with E-state index < -0.39 is 5.60 Å². The Morgan fingerprint density at radius 3 is 2.48 bits per heavy atom. The molecule has 2 fully saturated rings. The van der Waals surface area contributed by atoms with Crippen molar-refractivity contribution in [3.05, 3.63) is 107 Å². The van der Waals surface area contributed by atoms with Gasteiger partial charge in [-0.2, -0.15) is 0 Å². The van der Waals surface area contributed by atoms with Crippen LogP contribution in [0.3, 0.4) is 0 Å². The largest absolute Gasteiger partial charge is 0.485 e. The highest BCUT2D eigenvalue weighted by molar-refractivity contribution is 5.82. The molecule has 3 aromatic carbocycles. The summed E-state index contributed by atoms with van der Waals surface area (Å²) in [7, 11) is 1.75. The smallest absolute Gasteiger partial charge is 0.166 e. The van der Waals surface area contributed by atoms with E-state index in [1.807, 2.05) is 18.2 Å². The molecular formula is C35H35NO4. The highest BCUT2D eigenvalue weighted by Gasteiger charge is 2.79. The van der Waals surface area contributed by atoms with E-state index in [-0.39, 0.29) is 34.7 Å². The predicted octanol–water partition coefficient (Wildman–Crippen LogP) is 5.65. The minimum Gasteiger partial charge on any atom is -0.485 e. The number of Topliss-reactive ketones (excluding diaryl/α,β-unsaturated/α-hetero) is 1. The molecule has 1 saturated carbocycles. The number of nitrogens with zero attached hydrogens (tertiary/aromatic N) is 1. The van der Waals surface area contributed by atoms with E-state index in [2.05, 4.69) is 71.6 Å². The number of methoxy groups -OCH3 is 1. The van der Waals surface area contributed by atoms with E-state index in [9.17, 15) is 4.79 Å². The van der Waals surface area contributed by atoms with Crippen LogP contribution in [-0.2, 0) is 34.5 Å². The number of carbonyl (C=O) groups excluding carboxylic acids is 1. The molecule has 4 bridgehead atoms. The summed E-state index contributed by atoms with van der Waals surface area (Å²) in [6.45, 7) is 4.10. The summed E-state index contributed by atoms with van der Waals surface area (Å²) in [4.78, 5) is 16.0. The first-order chi connectivity index (χ1) is 19.5. The molecule has 0 radical (unpaired) electrons. The quantitative estimate of drug-likeness (QED) is 0.368. The van der Waals surface area contributed by atoms with E-state index in [0.29, 0.717) is 6.61 Å². The number of hydrogen-bond donors (Lipinski definition) is 0. The summed E-state index contributed by atoms with van der Waals surface area (Å²) in [5.74, 6) is 1.59. The molecule has 6 atom stereocenters. The Kier molecular flexibility index (Phi) is 5.21. The van der Waals surface area contributed by atoms with Crippen molar-refractivity contribution in [2.45, 2.75) is 62.5 Å². The normalized spacial score (nSPS) is 34.3. The van der Waals surface area contributed by atoms with Crippen LogP contribution in [0.2, 0.25) is 0 Å². The monoisotopic (exact) mass is 533 g/mol. The van der Waals surface area contributed by atoms with Gasteiger partial charge in [0.2, 0.25) is 0 Å². The highest BCUT2D eigenvalue weighted by atomic mass is 16.6. The number of piperidine rings is 1. The van der Waals surface area contributed by atoms with Gasteiger partial charge in [0.1, 0.15) is 24.1 Å². The third-order valence-corrected chi connectivity index (χ3v) is 10.9. The van der Waals surface area contributed by atoms with Crippen LogP contribution in [0.25, 0.3) is 0 Å². The van der Waals surface area contributed by atoms with Gasteiger partial charge in [-0.25, -0.2) is 0 Å². The molecule has 5 heteroatoms. The van der Waals surface area contributed by atoms with Gasteiger partial charge < -0.3 is 14.2 Å². The molecule has 5 nitrogen and oxygen atoms in total. The first kappa shape index (κ1) is 24.4. The van der Waals surface area contributed by atoms with E-state index in [4.69, 9.17) is 14.2 Å². The Morgan fingerprint density at radius 1 is 1.00 bits per heavy atom. The van der Waals surface area contributed by atoms with Gasteiger partial charge in [0.25, 0.3) is 0 Å². The second-order valence-electron chi connectivity index (χ2n) is 12.4. The topological polar surface area (TPSA) is 48.0 Å². The van der Waals surface area contributed by atoms with Crippen LogP contribution in [-0.4, -0.2) is 42.1 Å². The number of benzene rings is 3. The van der Waals surface area contributed by atoms with Crippen LogP contribution in [0.15, 0.2) is 84.9 Å². The molecule has 6 aliphatic rings. The molecule has 0 amide bonds.